The van der Waals surface area contributed by atoms with Crippen molar-refractivity contribution in [2.75, 3.05) is 5.32 Å². The molecule has 86 valence electrons. The van der Waals surface area contributed by atoms with Gasteiger partial charge >= 0.3 is 0 Å². The van der Waals surface area contributed by atoms with Crippen molar-refractivity contribution < 1.29 is 4.79 Å². The van der Waals surface area contributed by atoms with Crippen molar-refractivity contribution in [3.63, 3.8) is 0 Å². The van der Waals surface area contributed by atoms with E-state index in [1.807, 2.05) is 18.2 Å². The van der Waals surface area contributed by atoms with Gasteiger partial charge in [-0.25, -0.2) is 0 Å². The van der Waals surface area contributed by atoms with Gasteiger partial charge in [0.25, 0.3) is 5.91 Å². The van der Waals surface area contributed by atoms with Crippen molar-refractivity contribution in [3.05, 3.63) is 42.0 Å². The molecule has 0 aliphatic heterocycles. The summed E-state index contributed by atoms with van der Waals surface area (Å²) < 4.78 is 0. The van der Waals surface area contributed by atoms with Gasteiger partial charge in [0.2, 0.25) is 0 Å². The summed E-state index contributed by atoms with van der Waals surface area (Å²) in [6.07, 6.45) is 3.30. The highest BCUT2D eigenvalue weighted by Gasteiger charge is 2.06. The van der Waals surface area contributed by atoms with Gasteiger partial charge in [-0.3, -0.25) is 4.79 Å². The zero-order valence-electron chi connectivity index (χ0n) is 10.0. The van der Waals surface area contributed by atoms with Crippen LogP contribution < -0.4 is 5.32 Å². The molecule has 0 fully saturated rings. The minimum Gasteiger partial charge on any atom is -0.322 e. The Morgan fingerprint density at radius 2 is 2.06 bits per heavy atom. The van der Waals surface area contributed by atoms with Gasteiger partial charge in [-0.1, -0.05) is 38.1 Å². The maximum atomic E-state index is 11.5. The molecular formula is C14H19NO. The Morgan fingerprint density at radius 1 is 1.38 bits per heavy atom. The SMILES string of the molecule is C=C(C)C(=O)Nc1ccccc1CCCC. The molecule has 0 radical (unpaired) electrons. The molecule has 1 rings (SSSR count). The van der Waals surface area contributed by atoms with Gasteiger partial charge in [0.15, 0.2) is 0 Å². The standard InChI is InChI=1S/C14H19NO/c1-4-5-8-12-9-6-7-10-13(12)15-14(16)11(2)3/h6-7,9-10H,2,4-5,8H2,1,3H3,(H,15,16). The minimum atomic E-state index is -0.107. The first-order valence-corrected chi connectivity index (χ1v) is 5.70. The highest BCUT2D eigenvalue weighted by molar-refractivity contribution is 6.03. The van der Waals surface area contributed by atoms with Crippen LogP contribution in [0.4, 0.5) is 5.69 Å². The average molecular weight is 217 g/mol. The van der Waals surface area contributed by atoms with Crippen molar-refractivity contribution in [2.24, 2.45) is 0 Å². The zero-order chi connectivity index (χ0) is 12.0. The second-order valence-electron chi connectivity index (χ2n) is 4.00. The van der Waals surface area contributed by atoms with Gasteiger partial charge in [0.05, 0.1) is 0 Å². The van der Waals surface area contributed by atoms with Crippen LogP contribution in [0, 0.1) is 0 Å². The Hall–Kier alpha value is -1.57. The third-order valence-electron chi connectivity index (χ3n) is 2.45. The lowest BCUT2D eigenvalue weighted by Gasteiger charge is -2.10. The molecule has 0 spiro atoms. The number of anilines is 1. The molecule has 2 heteroatoms. The van der Waals surface area contributed by atoms with Crippen molar-refractivity contribution in [2.45, 2.75) is 33.1 Å². The number of unbranched alkanes of at least 4 members (excludes halogenated alkanes) is 1. The van der Waals surface area contributed by atoms with E-state index in [2.05, 4.69) is 24.9 Å². The van der Waals surface area contributed by atoms with Crippen molar-refractivity contribution in [1.82, 2.24) is 0 Å². The largest absolute Gasteiger partial charge is 0.322 e. The molecule has 1 N–H and O–H groups in total. The molecule has 1 amide bonds. The Kier molecular flexibility index (Phi) is 4.77. The summed E-state index contributed by atoms with van der Waals surface area (Å²) in [5, 5.41) is 2.88. The van der Waals surface area contributed by atoms with Gasteiger partial charge in [-0.05, 0) is 31.4 Å². The Bertz CT molecular complexity index is 382. The quantitative estimate of drug-likeness (QED) is 0.751. The lowest BCUT2D eigenvalue weighted by molar-refractivity contribution is -0.112. The number of carbonyl (C=O) groups excluding carboxylic acids is 1. The summed E-state index contributed by atoms with van der Waals surface area (Å²) in [6, 6.07) is 7.93. The number of amides is 1. The molecule has 2 nitrogen and oxygen atoms in total. The number of rotatable bonds is 5. The first-order chi connectivity index (χ1) is 7.65. The highest BCUT2D eigenvalue weighted by atomic mass is 16.1. The van der Waals surface area contributed by atoms with Crippen LogP contribution in [-0.4, -0.2) is 5.91 Å². The molecule has 0 aliphatic rings. The smallest absolute Gasteiger partial charge is 0.250 e. The number of carbonyl (C=O) groups is 1. The van der Waals surface area contributed by atoms with E-state index in [-0.39, 0.29) is 5.91 Å². The third kappa shape index (κ3) is 3.54. The molecule has 16 heavy (non-hydrogen) atoms. The Labute approximate surface area is 97.4 Å². The molecule has 0 saturated heterocycles. The Morgan fingerprint density at radius 3 is 2.69 bits per heavy atom. The van der Waals surface area contributed by atoms with E-state index in [4.69, 9.17) is 0 Å². The molecule has 0 aromatic heterocycles. The van der Waals surface area contributed by atoms with E-state index in [0.717, 1.165) is 24.9 Å². The number of aryl methyl sites for hydroxylation is 1. The maximum absolute atomic E-state index is 11.5. The molecule has 0 unspecified atom stereocenters. The van der Waals surface area contributed by atoms with Gasteiger partial charge in [-0.15, -0.1) is 0 Å². The van der Waals surface area contributed by atoms with E-state index in [9.17, 15) is 4.79 Å². The average Bonchev–Trinajstić information content (AvgIpc) is 2.27. The van der Waals surface area contributed by atoms with Crippen molar-refractivity contribution >= 4 is 11.6 Å². The number of para-hydroxylation sites is 1. The van der Waals surface area contributed by atoms with Crippen LogP contribution in [0.2, 0.25) is 0 Å². The molecule has 0 heterocycles. The fraction of sp³-hybridized carbons (Fsp3) is 0.357. The van der Waals surface area contributed by atoms with Crippen molar-refractivity contribution in [1.29, 1.82) is 0 Å². The van der Waals surface area contributed by atoms with E-state index in [0.29, 0.717) is 5.57 Å². The summed E-state index contributed by atoms with van der Waals surface area (Å²) in [5.74, 6) is -0.107. The fourth-order valence-corrected chi connectivity index (χ4v) is 1.46. The van der Waals surface area contributed by atoms with E-state index >= 15 is 0 Å². The van der Waals surface area contributed by atoms with Crippen LogP contribution in [0.5, 0.6) is 0 Å². The molecular weight excluding hydrogens is 198 g/mol. The van der Waals surface area contributed by atoms with E-state index in [1.54, 1.807) is 6.92 Å². The molecule has 0 saturated carbocycles. The summed E-state index contributed by atoms with van der Waals surface area (Å²) in [7, 11) is 0. The number of hydrogen-bond donors (Lipinski definition) is 1. The third-order valence-corrected chi connectivity index (χ3v) is 2.45. The number of hydrogen-bond acceptors (Lipinski definition) is 1. The molecule has 0 aliphatic carbocycles. The van der Waals surface area contributed by atoms with Gasteiger partial charge in [0.1, 0.15) is 0 Å². The van der Waals surface area contributed by atoms with Crippen LogP contribution in [-0.2, 0) is 11.2 Å². The molecule has 0 bridgehead atoms. The van der Waals surface area contributed by atoms with Crippen LogP contribution in [0.1, 0.15) is 32.3 Å². The maximum Gasteiger partial charge on any atom is 0.250 e. The second kappa shape index (κ2) is 6.11. The van der Waals surface area contributed by atoms with E-state index in [1.165, 1.54) is 5.56 Å². The number of benzene rings is 1. The normalized spacial score (nSPS) is 9.88. The highest BCUT2D eigenvalue weighted by Crippen LogP contribution is 2.17. The van der Waals surface area contributed by atoms with Crippen LogP contribution in [0.25, 0.3) is 0 Å². The summed E-state index contributed by atoms with van der Waals surface area (Å²) >= 11 is 0. The molecule has 1 aromatic carbocycles. The monoisotopic (exact) mass is 217 g/mol. The first kappa shape index (κ1) is 12.5. The lowest BCUT2D eigenvalue weighted by atomic mass is 10.1. The van der Waals surface area contributed by atoms with Crippen LogP contribution in [0.15, 0.2) is 36.4 Å². The van der Waals surface area contributed by atoms with Gasteiger partial charge < -0.3 is 5.32 Å². The van der Waals surface area contributed by atoms with Crippen LogP contribution >= 0.6 is 0 Å². The van der Waals surface area contributed by atoms with Crippen molar-refractivity contribution in [3.8, 4) is 0 Å². The summed E-state index contributed by atoms with van der Waals surface area (Å²) in [5.41, 5.74) is 2.63. The van der Waals surface area contributed by atoms with Crippen LogP contribution in [0.3, 0.4) is 0 Å². The summed E-state index contributed by atoms with van der Waals surface area (Å²) in [4.78, 5) is 11.5. The first-order valence-electron chi connectivity index (χ1n) is 5.70. The zero-order valence-corrected chi connectivity index (χ0v) is 10.0. The number of nitrogens with one attached hydrogen (secondary N) is 1. The second-order valence-corrected chi connectivity index (χ2v) is 4.00. The lowest BCUT2D eigenvalue weighted by Crippen LogP contribution is -2.13. The molecule has 0 atom stereocenters. The topological polar surface area (TPSA) is 29.1 Å². The van der Waals surface area contributed by atoms with E-state index < -0.39 is 0 Å². The predicted octanol–water partition coefficient (Wildman–Crippen LogP) is 3.54. The predicted molar refractivity (Wildman–Crippen MR) is 68.5 cm³/mol. The van der Waals surface area contributed by atoms with Gasteiger partial charge in [0, 0.05) is 11.3 Å². The Balaban J connectivity index is 2.78. The van der Waals surface area contributed by atoms with Gasteiger partial charge in [-0.2, -0.15) is 0 Å². The summed E-state index contributed by atoms with van der Waals surface area (Å²) in [6.45, 7) is 7.51. The minimum absolute atomic E-state index is 0.107. The molecule has 1 aromatic rings. The fourth-order valence-electron chi connectivity index (χ4n) is 1.46.